The first kappa shape index (κ1) is 27.6. The molecule has 0 fully saturated rings. The normalized spacial score (nSPS) is 11.7. The third-order valence-electron chi connectivity index (χ3n) is 6.27. The SMILES string of the molecule is CCOB(OCC)OC(c1ccccc1F)(c1ccccc1F)C(c1ccccc1F)c1ccccc1F. The summed E-state index contributed by atoms with van der Waals surface area (Å²) in [6.07, 6.45) is 0. The van der Waals surface area contributed by atoms with Crippen LogP contribution in [0.3, 0.4) is 0 Å². The standard InChI is InChI=1S/C30H27BF4O3/c1-3-36-31(37-4-2)38-30(23-15-7-11-19-27(23)34,24-16-8-12-20-28(24)35)29(21-13-5-9-17-25(21)32)22-14-6-10-18-26(22)33/h5-20,29H,3-4H2,1-2H3. The summed E-state index contributed by atoms with van der Waals surface area (Å²) in [5.41, 5.74) is -2.54. The first-order valence-electron chi connectivity index (χ1n) is 12.3. The van der Waals surface area contributed by atoms with E-state index in [4.69, 9.17) is 14.0 Å². The molecule has 0 unspecified atom stereocenters. The minimum atomic E-state index is -2.18. The zero-order valence-electron chi connectivity index (χ0n) is 21.0. The number of hydrogen-bond donors (Lipinski definition) is 0. The van der Waals surface area contributed by atoms with E-state index in [2.05, 4.69) is 0 Å². The molecule has 0 atom stereocenters. The van der Waals surface area contributed by atoms with Crippen LogP contribution in [0.4, 0.5) is 17.6 Å². The molecule has 0 saturated heterocycles. The van der Waals surface area contributed by atoms with Crippen molar-refractivity contribution in [3.05, 3.63) is 143 Å². The van der Waals surface area contributed by atoms with Gasteiger partial charge in [0.2, 0.25) is 0 Å². The smallest absolute Gasteiger partial charge is 0.386 e. The first-order chi connectivity index (χ1) is 18.4. The summed E-state index contributed by atoms with van der Waals surface area (Å²) in [7, 11) is -1.43. The molecule has 0 spiro atoms. The van der Waals surface area contributed by atoms with E-state index in [1.54, 1.807) is 38.1 Å². The summed E-state index contributed by atoms with van der Waals surface area (Å²) < 4.78 is 80.8. The van der Waals surface area contributed by atoms with Gasteiger partial charge in [-0.2, -0.15) is 0 Å². The zero-order chi connectivity index (χ0) is 27.1. The molecule has 0 saturated carbocycles. The summed E-state index contributed by atoms with van der Waals surface area (Å²) in [6, 6.07) is 22.6. The molecular formula is C30H27BF4O3. The molecular weight excluding hydrogens is 495 g/mol. The average molecular weight is 522 g/mol. The van der Waals surface area contributed by atoms with Crippen molar-refractivity contribution >= 4 is 7.32 Å². The molecule has 0 bridgehead atoms. The molecule has 0 aliphatic rings. The van der Waals surface area contributed by atoms with Gasteiger partial charge in [-0.3, -0.25) is 0 Å². The summed E-state index contributed by atoms with van der Waals surface area (Å²) in [6.45, 7) is 3.68. The number of rotatable bonds is 11. The Kier molecular flexibility index (Phi) is 8.99. The molecule has 4 aromatic carbocycles. The van der Waals surface area contributed by atoms with Crippen LogP contribution in [-0.4, -0.2) is 20.5 Å². The molecule has 0 heterocycles. The third kappa shape index (κ3) is 5.39. The highest BCUT2D eigenvalue weighted by Crippen LogP contribution is 2.52. The van der Waals surface area contributed by atoms with Crippen LogP contribution >= 0.6 is 0 Å². The molecule has 0 aromatic heterocycles. The van der Waals surface area contributed by atoms with Crippen LogP contribution in [0.25, 0.3) is 0 Å². The predicted molar refractivity (Wildman–Crippen MR) is 138 cm³/mol. The Morgan fingerprint density at radius 3 is 1.32 bits per heavy atom. The van der Waals surface area contributed by atoms with Crippen LogP contribution in [0.1, 0.15) is 42.0 Å². The lowest BCUT2D eigenvalue weighted by atomic mass is 9.68. The van der Waals surface area contributed by atoms with Crippen LogP contribution < -0.4 is 0 Å². The predicted octanol–water partition coefficient (Wildman–Crippen LogP) is 7.39. The number of halogens is 4. The number of benzene rings is 4. The van der Waals surface area contributed by atoms with E-state index in [9.17, 15) is 0 Å². The van der Waals surface area contributed by atoms with Crippen molar-refractivity contribution in [1.82, 2.24) is 0 Å². The minimum Gasteiger partial charge on any atom is -0.386 e. The van der Waals surface area contributed by atoms with E-state index in [1.165, 1.54) is 72.8 Å². The molecule has 0 amide bonds. The summed E-state index contributed by atoms with van der Waals surface area (Å²) >= 11 is 0. The second-order valence-electron chi connectivity index (χ2n) is 8.49. The van der Waals surface area contributed by atoms with Crippen molar-refractivity contribution in [2.24, 2.45) is 0 Å². The Bertz CT molecular complexity index is 1270. The summed E-state index contributed by atoms with van der Waals surface area (Å²) in [4.78, 5) is 0. The van der Waals surface area contributed by atoms with Gasteiger partial charge in [-0.1, -0.05) is 72.8 Å². The maximum Gasteiger partial charge on any atom is 0.640 e. The molecule has 3 nitrogen and oxygen atoms in total. The second-order valence-corrected chi connectivity index (χ2v) is 8.49. The lowest BCUT2D eigenvalue weighted by molar-refractivity contribution is -0.000472. The van der Waals surface area contributed by atoms with Crippen LogP contribution in [0, 0.1) is 23.3 Å². The van der Waals surface area contributed by atoms with E-state index in [0.29, 0.717) is 0 Å². The zero-order valence-corrected chi connectivity index (χ0v) is 21.0. The Balaban J connectivity index is 2.20. The van der Waals surface area contributed by atoms with Gasteiger partial charge in [0.1, 0.15) is 28.9 Å². The summed E-state index contributed by atoms with van der Waals surface area (Å²) in [5.74, 6) is -4.35. The molecule has 0 radical (unpaired) electrons. The van der Waals surface area contributed by atoms with Crippen molar-refractivity contribution in [2.75, 3.05) is 13.2 Å². The fraction of sp³-hybridized carbons (Fsp3) is 0.200. The largest absolute Gasteiger partial charge is 0.640 e. The highest BCUT2D eigenvalue weighted by molar-refractivity contribution is 6.36. The Hall–Kier alpha value is -3.46. The second kappa shape index (κ2) is 12.4. The van der Waals surface area contributed by atoms with Gasteiger partial charge in [0.25, 0.3) is 0 Å². The Labute approximate surface area is 220 Å². The van der Waals surface area contributed by atoms with Crippen LogP contribution in [0.15, 0.2) is 97.1 Å². The van der Waals surface area contributed by atoms with Gasteiger partial charge in [0, 0.05) is 24.3 Å². The Morgan fingerprint density at radius 1 is 0.579 bits per heavy atom. The molecule has 0 aliphatic carbocycles. The quantitative estimate of drug-likeness (QED) is 0.152. The molecule has 38 heavy (non-hydrogen) atoms. The molecule has 4 rings (SSSR count). The van der Waals surface area contributed by atoms with Crippen LogP contribution in [0.5, 0.6) is 0 Å². The van der Waals surface area contributed by atoms with Gasteiger partial charge in [-0.25, -0.2) is 17.6 Å². The molecule has 4 aromatic rings. The van der Waals surface area contributed by atoms with E-state index >= 15 is 17.6 Å². The molecule has 0 aliphatic heterocycles. The monoisotopic (exact) mass is 522 g/mol. The highest BCUT2D eigenvalue weighted by atomic mass is 19.1. The van der Waals surface area contributed by atoms with E-state index in [0.717, 1.165) is 0 Å². The van der Waals surface area contributed by atoms with Crippen LogP contribution in [-0.2, 0) is 19.6 Å². The van der Waals surface area contributed by atoms with Gasteiger partial charge >= 0.3 is 7.32 Å². The van der Waals surface area contributed by atoms with Crippen molar-refractivity contribution in [3.63, 3.8) is 0 Å². The maximum atomic E-state index is 15.8. The topological polar surface area (TPSA) is 27.7 Å². The van der Waals surface area contributed by atoms with Crippen molar-refractivity contribution in [1.29, 1.82) is 0 Å². The maximum absolute atomic E-state index is 15.8. The first-order valence-corrected chi connectivity index (χ1v) is 12.3. The minimum absolute atomic E-state index is 0.0316. The lowest BCUT2D eigenvalue weighted by Gasteiger charge is -2.43. The molecule has 196 valence electrons. The van der Waals surface area contributed by atoms with Crippen molar-refractivity contribution in [2.45, 2.75) is 25.4 Å². The third-order valence-corrected chi connectivity index (χ3v) is 6.27. The van der Waals surface area contributed by atoms with E-state index in [1.807, 2.05) is 0 Å². The molecule has 8 heteroatoms. The average Bonchev–Trinajstić information content (AvgIpc) is 2.91. The highest BCUT2D eigenvalue weighted by Gasteiger charge is 2.52. The van der Waals surface area contributed by atoms with Gasteiger partial charge in [0.15, 0.2) is 0 Å². The summed E-state index contributed by atoms with van der Waals surface area (Å²) in [5, 5.41) is 0. The molecule has 0 N–H and O–H groups in total. The van der Waals surface area contributed by atoms with Gasteiger partial charge < -0.3 is 14.0 Å². The fourth-order valence-corrected chi connectivity index (χ4v) is 4.74. The van der Waals surface area contributed by atoms with E-state index < -0.39 is 42.1 Å². The van der Waals surface area contributed by atoms with Gasteiger partial charge in [-0.15, -0.1) is 0 Å². The van der Waals surface area contributed by atoms with Gasteiger partial charge in [0.05, 0.1) is 5.92 Å². The van der Waals surface area contributed by atoms with Gasteiger partial charge in [-0.05, 0) is 49.2 Å². The fourth-order valence-electron chi connectivity index (χ4n) is 4.74. The Morgan fingerprint density at radius 2 is 0.947 bits per heavy atom. The number of hydrogen-bond acceptors (Lipinski definition) is 3. The lowest BCUT2D eigenvalue weighted by Crippen LogP contribution is -2.47. The van der Waals surface area contributed by atoms with Crippen molar-refractivity contribution < 1.29 is 31.5 Å². The van der Waals surface area contributed by atoms with Crippen LogP contribution in [0.2, 0.25) is 0 Å². The van der Waals surface area contributed by atoms with Crippen molar-refractivity contribution in [3.8, 4) is 0 Å². The van der Waals surface area contributed by atoms with E-state index in [-0.39, 0.29) is 35.5 Å².